The fourth-order valence-electron chi connectivity index (χ4n) is 4.34. The second-order valence-electron chi connectivity index (χ2n) is 9.03. The molecule has 0 radical (unpaired) electrons. The van der Waals surface area contributed by atoms with E-state index in [9.17, 15) is 9.59 Å². The Kier molecular flexibility index (Phi) is 10.1. The van der Waals surface area contributed by atoms with Crippen molar-refractivity contribution in [3.05, 3.63) is 83.6 Å². The van der Waals surface area contributed by atoms with Crippen LogP contribution >= 0.6 is 11.9 Å². The lowest BCUT2D eigenvalue weighted by atomic mass is 9.93. The number of carbonyl (C=O) groups is 2. The summed E-state index contributed by atoms with van der Waals surface area (Å²) >= 11 is 5.31. The van der Waals surface area contributed by atoms with Crippen molar-refractivity contribution in [1.29, 1.82) is 0 Å². The predicted molar refractivity (Wildman–Crippen MR) is 151 cm³/mol. The molecule has 0 spiro atoms. The van der Waals surface area contributed by atoms with Crippen LogP contribution < -0.4 is 5.32 Å². The zero-order valence-electron chi connectivity index (χ0n) is 22.7. The first-order chi connectivity index (χ1) is 18.8. The van der Waals surface area contributed by atoms with Gasteiger partial charge in [0, 0.05) is 12.7 Å². The predicted octanol–water partition coefficient (Wildman–Crippen LogP) is 7.11. The van der Waals surface area contributed by atoms with E-state index in [0.29, 0.717) is 17.1 Å². The Morgan fingerprint density at radius 1 is 1.05 bits per heavy atom. The molecule has 0 bridgehead atoms. The van der Waals surface area contributed by atoms with Crippen LogP contribution in [0.15, 0.2) is 76.9 Å². The first-order valence-corrected chi connectivity index (χ1v) is 12.9. The van der Waals surface area contributed by atoms with Gasteiger partial charge in [-0.25, -0.2) is 9.59 Å². The van der Waals surface area contributed by atoms with Crippen molar-refractivity contribution in [2.45, 2.75) is 52.1 Å². The highest BCUT2D eigenvalue weighted by Crippen LogP contribution is 2.49. The average molecular weight is 553 g/mol. The van der Waals surface area contributed by atoms with Crippen LogP contribution in [0.5, 0.6) is 0 Å². The lowest BCUT2D eigenvalue weighted by Gasteiger charge is -2.15. The SMILES string of the molecule is C/C=C\C(=C/C)C(C)OC(=O)Nc1c(C)noc1-c1ccc(-c2ccc(C3(C(=O)OCl)CC3)cc2)cc1.CO. The molecule has 0 saturated heterocycles. The number of nitrogens with zero attached hydrogens (tertiary/aromatic N) is 1. The minimum Gasteiger partial charge on any atom is -0.441 e. The molecule has 1 aliphatic carbocycles. The number of hydrogen-bond acceptors (Lipinski definition) is 7. The van der Waals surface area contributed by atoms with Gasteiger partial charge in [0.05, 0.1) is 5.41 Å². The van der Waals surface area contributed by atoms with Crippen molar-refractivity contribution in [2.24, 2.45) is 0 Å². The molecule has 0 aliphatic heterocycles. The van der Waals surface area contributed by atoms with E-state index in [-0.39, 0.29) is 0 Å². The maximum Gasteiger partial charge on any atom is 0.412 e. The Bertz CT molecular complexity index is 1340. The van der Waals surface area contributed by atoms with E-state index in [0.717, 1.165) is 47.8 Å². The number of ether oxygens (including phenoxy) is 1. The Morgan fingerprint density at radius 2 is 1.62 bits per heavy atom. The molecule has 1 aliphatic rings. The van der Waals surface area contributed by atoms with Gasteiger partial charge in [-0.3, -0.25) is 5.32 Å². The number of hydrogen-bond donors (Lipinski definition) is 2. The maximum absolute atomic E-state index is 12.6. The van der Waals surface area contributed by atoms with Crippen molar-refractivity contribution in [3.63, 3.8) is 0 Å². The number of aliphatic hydroxyl groups excluding tert-OH is 1. The molecule has 1 saturated carbocycles. The highest BCUT2D eigenvalue weighted by atomic mass is 35.5. The third-order valence-corrected chi connectivity index (χ3v) is 6.80. The van der Waals surface area contributed by atoms with Crippen LogP contribution in [0.3, 0.4) is 0 Å². The molecule has 1 atom stereocenters. The van der Waals surface area contributed by atoms with E-state index in [1.807, 2.05) is 87.5 Å². The molecule has 1 fully saturated rings. The first-order valence-electron chi connectivity index (χ1n) is 12.5. The van der Waals surface area contributed by atoms with E-state index in [1.165, 1.54) is 0 Å². The summed E-state index contributed by atoms with van der Waals surface area (Å²) in [6, 6.07) is 15.5. The van der Waals surface area contributed by atoms with Crippen LogP contribution in [0.4, 0.5) is 10.5 Å². The van der Waals surface area contributed by atoms with Crippen LogP contribution in [-0.4, -0.2) is 35.5 Å². The Hall–Kier alpha value is -3.88. The fourth-order valence-corrected chi connectivity index (χ4v) is 4.49. The molecular formula is C30H33ClN2O6. The van der Waals surface area contributed by atoms with Crippen molar-refractivity contribution >= 4 is 29.6 Å². The number of halogens is 1. The zero-order valence-corrected chi connectivity index (χ0v) is 23.4. The van der Waals surface area contributed by atoms with Gasteiger partial charge in [0.2, 0.25) is 0 Å². The van der Waals surface area contributed by atoms with E-state index in [4.69, 9.17) is 26.2 Å². The van der Waals surface area contributed by atoms with Gasteiger partial charge in [-0.05, 0) is 62.8 Å². The Morgan fingerprint density at radius 3 is 2.13 bits per heavy atom. The fraction of sp³-hybridized carbons (Fsp3) is 0.300. The Balaban J connectivity index is 0.00000205. The van der Waals surface area contributed by atoms with E-state index in [1.54, 1.807) is 6.92 Å². The standard InChI is InChI=1S/C29H29ClN2O5.CH4O/c1-5-7-20(6-2)19(4)35-28(34)31-25-18(3)32-37-26(25)23-10-8-21(9-11-23)22-12-14-24(15-13-22)29(16-17-29)27(33)36-30;1-2/h5-15,19H,16-17H2,1-4H3,(H,31,34);2H,1H3/b7-5-,20-6+;. The minimum absolute atomic E-state index is 0.406. The summed E-state index contributed by atoms with van der Waals surface area (Å²) in [4.78, 5) is 24.6. The summed E-state index contributed by atoms with van der Waals surface area (Å²) in [5, 5.41) is 13.8. The number of rotatable bonds is 8. The zero-order chi connectivity index (χ0) is 28.6. The molecule has 1 amide bonds. The van der Waals surface area contributed by atoms with E-state index < -0.39 is 23.6 Å². The summed E-state index contributed by atoms with van der Waals surface area (Å²) in [5.74, 6) is 0.0374. The van der Waals surface area contributed by atoms with E-state index >= 15 is 0 Å². The van der Waals surface area contributed by atoms with Crippen molar-refractivity contribution in [1.82, 2.24) is 5.16 Å². The Labute approximate surface area is 233 Å². The molecule has 4 rings (SSSR count). The number of aliphatic hydroxyl groups is 1. The number of carbonyl (C=O) groups excluding carboxylic acids is 2. The topological polar surface area (TPSA) is 111 Å². The van der Waals surface area contributed by atoms with Gasteiger partial charge in [-0.2, -0.15) is 0 Å². The van der Waals surface area contributed by atoms with Crippen LogP contribution in [0.1, 0.15) is 44.9 Å². The average Bonchev–Trinajstić information content (AvgIpc) is 3.71. The monoisotopic (exact) mass is 552 g/mol. The van der Waals surface area contributed by atoms with Gasteiger partial charge < -0.3 is 18.7 Å². The van der Waals surface area contributed by atoms with Crippen LogP contribution in [0.2, 0.25) is 0 Å². The van der Waals surface area contributed by atoms with Crippen LogP contribution in [0.25, 0.3) is 22.5 Å². The summed E-state index contributed by atoms with van der Waals surface area (Å²) < 4.78 is 15.5. The third-order valence-electron chi connectivity index (χ3n) is 6.66. The summed E-state index contributed by atoms with van der Waals surface area (Å²) in [5.41, 5.74) is 4.94. The van der Waals surface area contributed by atoms with Gasteiger partial charge in [0.15, 0.2) is 5.76 Å². The van der Waals surface area contributed by atoms with Crippen molar-refractivity contribution in [2.75, 3.05) is 12.4 Å². The lowest BCUT2D eigenvalue weighted by molar-refractivity contribution is -0.136. The molecule has 1 aromatic heterocycles. The minimum atomic E-state index is -0.613. The summed E-state index contributed by atoms with van der Waals surface area (Å²) in [6.07, 6.45) is 6.17. The van der Waals surface area contributed by atoms with Gasteiger partial charge in [0.25, 0.3) is 0 Å². The van der Waals surface area contributed by atoms with Gasteiger partial charge in [0.1, 0.15) is 29.4 Å². The van der Waals surface area contributed by atoms with Gasteiger partial charge in [-0.15, -0.1) is 0 Å². The van der Waals surface area contributed by atoms with Crippen LogP contribution in [0, 0.1) is 6.92 Å². The molecule has 39 heavy (non-hydrogen) atoms. The van der Waals surface area contributed by atoms with Gasteiger partial charge in [-0.1, -0.05) is 71.9 Å². The third kappa shape index (κ3) is 6.58. The number of amides is 1. The van der Waals surface area contributed by atoms with Gasteiger partial charge >= 0.3 is 12.1 Å². The molecule has 9 heteroatoms. The molecule has 1 heterocycles. The number of nitrogens with one attached hydrogen (secondary N) is 1. The van der Waals surface area contributed by atoms with E-state index in [2.05, 4.69) is 14.8 Å². The molecule has 206 valence electrons. The number of allylic oxidation sites excluding steroid dienone is 2. The molecule has 3 aromatic rings. The smallest absolute Gasteiger partial charge is 0.412 e. The lowest BCUT2D eigenvalue weighted by Crippen LogP contribution is -2.21. The number of benzene rings is 2. The summed E-state index contributed by atoms with van der Waals surface area (Å²) in [7, 11) is 1.00. The van der Waals surface area contributed by atoms with Crippen molar-refractivity contribution < 1.29 is 28.2 Å². The highest BCUT2D eigenvalue weighted by Gasteiger charge is 2.53. The molecule has 2 N–H and O–H groups in total. The second-order valence-corrected chi connectivity index (χ2v) is 9.19. The first kappa shape index (κ1) is 29.7. The van der Waals surface area contributed by atoms with Crippen LogP contribution in [-0.2, 0) is 19.2 Å². The van der Waals surface area contributed by atoms with Crippen molar-refractivity contribution in [3.8, 4) is 22.5 Å². The number of aryl methyl sites for hydroxylation is 1. The molecule has 2 aromatic carbocycles. The quantitative estimate of drug-likeness (QED) is 0.286. The highest BCUT2D eigenvalue weighted by molar-refractivity contribution is 6.14. The molecule has 1 unspecified atom stereocenters. The maximum atomic E-state index is 12.6. The largest absolute Gasteiger partial charge is 0.441 e. The molecular weight excluding hydrogens is 520 g/mol. The second kappa shape index (κ2) is 13.3. The molecule has 8 nitrogen and oxygen atoms in total. The summed E-state index contributed by atoms with van der Waals surface area (Å²) in [6.45, 7) is 7.38. The number of aromatic nitrogens is 1. The number of anilines is 1. The normalized spacial score (nSPS) is 14.7.